The number of nitrogens with zero attached hydrogens (tertiary/aromatic N) is 3. The first-order valence-electron chi connectivity index (χ1n) is 7.72. The van der Waals surface area contributed by atoms with Crippen molar-refractivity contribution in [2.75, 3.05) is 31.1 Å². The van der Waals surface area contributed by atoms with Gasteiger partial charge >= 0.3 is 0 Å². The van der Waals surface area contributed by atoms with Crippen molar-refractivity contribution < 1.29 is 4.79 Å². The molecule has 0 radical (unpaired) electrons. The number of alkyl halides is 1. The molecule has 0 bridgehead atoms. The molecule has 2 heterocycles. The number of para-hydroxylation sites is 1. The molecule has 22 heavy (non-hydrogen) atoms. The van der Waals surface area contributed by atoms with E-state index in [9.17, 15) is 4.79 Å². The average Bonchev–Trinajstić information content (AvgIpc) is 2.60. The average molecular weight is 362 g/mol. The first kappa shape index (κ1) is 15.3. The highest BCUT2D eigenvalue weighted by atomic mass is 79.9. The van der Waals surface area contributed by atoms with Crippen molar-refractivity contribution in [1.29, 1.82) is 0 Å². The highest BCUT2D eigenvalue weighted by Crippen LogP contribution is 2.20. The number of carbonyl (C=O) groups excluding carboxylic acids is 1. The molecule has 0 aliphatic carbocycles. The van der Waals surface area contributed by atoms with E-state index in [1.54, 1.807) is 0 Å². The van der Waals surface area contributed by atoms with Crippen molar-refractivity contribution >= 4 is 38.6 Å². The van der Waals surface area contributed by atoms with Crippen LogP contribution in [0.2, 0.25) is 0 Å². The fourth-order valence-electron chi connectivity index (χ4n) is 2.76. The van der Waals surface area contributed by atoms with Crippen LogP contribution >= 0.6 is 15.9 Å². The molecule has 1 atom stereocenters. The molecule has 1 fully saturated rings. The number of aromatic nitrogens is 1. The van der Waals surface area contributed by atoms with Crippen LogP contribution in [0.4, 0.5) is 5.82 Å². The lowest BCUT2D eigenvalue weighted by Gasteiger charge is -2.36. The quantitative estimate of drug-likeness (QED) is 0.788. The summed E-state index contributed by atoms with van der Waals surface area (Å²) in [6.45, 7) is 5.21. The van der Waals surface area contributed by atoms with Gasteiger partial charge in [0, 0.05) is 31.6 Å². The van der Waals surface area contributed by atoms with Crippen molar-refractivity contribution in [1.82, 2.24) is 9.88 Å². The van der Waals surface area contributed by atoms with Gasteiger partial charge in [0.1, 0.15) is 5.82 Å². The van der Waals surface area contributed by atoms with Crippen LogP contribution in [0, 0.1) is 0 Å². The third kappa shape index (κ3) is 3.09. The van der Waals surface area contributed by atoms with Crippen LogP contribution < -0.4 is 4.90 Å². The number of rotatable bonds is 3. The largest absolute Gasteiger partial charge is 0.353 e. The SMILES string of the molecule is CCC(Br)C(=O)N1CCN(c2ccc3ccccc3n2)CC1. The van der Waals surface area contributed by atoms with Gasteiger partial charge in [-0.15, -0.1) is 0 Å². The zero-order chi connectivity index (χ0) is 15.5. The lowest BCUT2D eigenvalue weighted by atomic mass is 10.2. The number of piperazine rings is 1. The van der Waals surface area contributed by atoms with Crippen molar-refractivity contribution in [2.45, 2.75) is 18.2 Å². The molecule has 1 saturated heterocycles. The topological polar surface area (TPSA) is 36.4 Å². The van der Waals surface area contributed by atoms with Gasteiger partial charge in [-0.1, -0.05) is 41.1 Å². The van der Waals surface area contributed by atoms with Crippen LogP contribution in [0.25, 0.3) is 10.9 Å². The molecular formula is C17H20BrN3O. The van der Waals surface area contributed by atoms with Crippen LogP contribution in [0.5, 0.6) is 0 Å². The van der Waals surface area contributed by atoms with Crippen molar-refractivity contribution in [3.8, 4) is 0 Å². The number of carbonyl (C=O) groups is 1. The van der Waals surface area contributed by atoms with Gasteiger partial charge in [-0.05, 0) is 24.6 Å². The standard InChI is InChI=1S/C17H20BrN3O/c1-2-14(18)17(22)21-11-9-20(10-12-21)16-8-7-13-5-3-4-6-15(13)19-16/h3-8,14H,2,9-12H2,1H3. The molecule has 1 unspecified atom stereocenters. The molecule has 0 saturated carbocycles. The Labute approximate surface area is 139 Å². The highest BCUT2D eigenvalue weighted by molar-refractivity contribution is 9.10. The van der Waals surface area contributed by atoms with E-state index in [0.29, 0.717) is 0 Å². The Bertz CT molecular complexity index is 668. The Hall–Kier alpha value is -1.62. The number of amides is 1. The second kappa shape index (κ2) is 6.65. The fourth-order valence-corrected chi connectivity index (χ4v) is 3.05. The van der Waals surface area contributed by atoms with Gasteiger partial charge in [0.15, 0.2) is 0 Å². The van der Waals surface area contributed by atoms with Gasteiger partial charge in [0.05, 0.1) is 10.3 Å². The van der Waals surface area contributed by atoms with E-state index in [-0.39, 0.29) is 10.7 Å². The first-order chi connectivity index (χ1) is 10.7. The molecule has 1 aromatic heterocycles. The van der Waals surface area contributed by atoms with E-state index in [0.717, 1.165) is 49.3 Å². The minimum Gasteiger partial charge on any atom is -0.353 e. The van der Waals surface area contributed by atoms with E-state index in [2.05, 4.69) is 39.0 Å². The number of hydrogen-bond donors (Lipinski definition) is 0. The maximum Gasteiger partial charge on any atom is 0.236 e. The van der Waals surface area contributed by atoms with Gasteiger partial charge < -0.3 is 9.80 Å². The lowest BCUT2D eigenvalue weighted by Crippen LogP contribution is -2.50. The Kier molecular flexibility index (Phi) is 4.62. The van der Waals surface area contributed by atoms with Crippen molar-refractivity contribution in [3.05, 3.63) is 36.4 Å². The van der Waals surface area contributed by atoms with Crippen molar-refractivity contribution in [2.24, 2.45) is 0 Å². The predicted octanol–water partition coefficient (Wildman–Crippen LogP) is 3.06. The monoisotopic (exact) mass is 361 g/mol. The minimum atomic E-state index is -0.0576. The summed E-state index contributed by atoms with van der Waals surface area (Å²) in [6.07, 6.45) is 0.825. The second-order valence-corrected chi connectivity index (χ2v) is 6.66. The third-order valence-corrected chi connectivity index (χ3v) is 5.16. The molecule has 5 heteroatoms. The molecule has 0 N–H and O–H groups in total. The van der Waals surface area contributed by atoms with Gasteiger partial charge in [0.2, 0.25) is 5.91 Å². The number of fused-ring (bicyclic) bond motifs is 1. The zero-order valence-corrected chi connectivity index (χ0v) is 14.3. The Balaban J connectivity index is 1.68. The van der Waals surface area contributed by atoms with Crippen LogP contribution in [0.15, 0.2) is 36.4 Å². The molecule has 0 spiro atoms. The predicted molar refractivity (Wildman–Crippen MR) is 93.5 cm³/mol. The summed E-state index contributed by atoms with van der Waals surface area (Å²) in [5.74, 6) is 1.20. The van der Waals surface area contributed by atoms with Crippen LogP contribution in [-0.4, -0.2) is 46.8 Å². The summed E-state index contributed by atoms with van der Waals surface area (Å²) >= 11 is 3.45. The normalized spacial score (nSPS) is 16.8. The second-order valence-electron chi connectivity index (χ2n) is 5.55. The van der Waals surface area contributed by atoms with E-state index >= 15 is 0 Å². The lowest BCUT2D eigenvalue weighted by molar-refractivity contribution is -0.130. The molecule has 3 rings (SSSR count). The fraction of sp³-hybridized carbons (Fsp3) is 0.412. The molecular weight excluding hydrogens is 342 g/mol. The van der Waals surface area contributed by atoms with Crippen LogP contribution in [0.1, 0.15) is 13.3 Å². The summed E-state index contributed by atoms with van der Waals surface area (Å²) < 4.78 is 0. The van der Waals surface area contributed by atoms with Gasteiger partial charge in [-0.25, -0.2) is 4.98 Å². The molecule has 4 nitrogen and oxygen atoms in total. The zero-order valence-electron chi connectivity index (χ0n) is 12.7. The number of hydrogen-bond acceptors (Lipinski definition) is 3. The van der Waals surface area contributed by atoms with Crippen molar-refractivity contribution in [3.63, 3.8) is 0 Å². The number of anilines is 1. The van der Waals surface area contributed by atoms with E-state index in [1.807, 2.05) is 30.0 Å². The molecule has 116 valence electrons. The smallest absolute Gasteiger partial charge is 0.236 e. The van der Waals surface area contributed by atoms with Crippen LogP contribution in [0.3, 0.4) is 0 Å². The minimum absolute atomic E-state index is 0.0576. The van der Waals surface area contributed by atoms with E-state index in [4.69, 9.17) is 4.98 Å². The van der Waals surface area contributed by atoms with Gasteiger partial charge in [-0.2, -0.15) is 0 Å². The maximum absolute atomic E-state index is 12.2. The Morgan fingerprint density at radius 1 is 1.18 bits per heavy atom. The van der Waals surface area contributed by atoms with Crippen LogP contribution in [-0.2, 0) is 4.79 Å². The maximum atomic E-state index is 12.2. The summed E-state index contributed by atoms with van der Waals surface area (Å²) in [7, 11) is 0. The van der Waals surface area contributed by atoms with Gasteiger partial charge in [0.25, 0.3) is 0 Å². The Morgan fingerprint density at radius 3 is 2.64 bits per heavy atom. The Morgan fingerprint density at radius 2 is 1.91 bits per heavy atom. The number of halogens is 1. The summed E-state index contributed by atoms with van der Waals surface area (Å²) in [5.41, 5.74) is 1.02. The van der Waals surface area contributed by atoms with E-state index in [1.165, 1.54) is 0 Å². The molecule has 1 aromatic carbocycles. The summed E-state index contributed by atoms with van der Waals surface area (Å²) in [5, 5.41) is 1.16. The van der Waals surface area contributed by atoms with Gasteiger partial charge in [-0.3, -0.25) is 4.79 Å². The molecule has 1 amide bonds. The summed E-state index contributed by atoms with van der Waals surface area (Å²) in [4.78, 5) is 21.1. The summed E-state index contributed by atoms with van der Waals surface area (Å²) in [6, 6.07) is 12.3. The third-order valence-electron chi connectivity index (χ3n) is 4.13. The molecule has 2 aromatic rings. The number of benzene rings is 1. The van der Waals surface area contributed by atoms with E-state index < -0.39 is 0 Å². The number of pyridine rings is 1. The highest BCUT2D eigenvalue weighted by Gasteiger charge is 2.25. The molecule has 1 aliphatic heterocycles. The first-order valence-corrected chi connectivity index (χ1v) is 8.64. The molecule has 1 aliphatic rings.